The minimum Gasteiger partial charge on any atom is -0.394 e. The molecule has 1 heterocycles. The van der Waals surface area contributed by atoms with E-state index in [-0.39, 0.29) is 12.4 Å². The SMILES string of the molecule is C=C(CCC(F)(F)F)NC1[B]Cc2c(C)cccc2C1. The topological polar surface area (TPSA) is 12.0 Å². The zero-order valence-corrected chi connectivity index (χ0v) is 11.6. The third-order valence-corrected chi connectivity index (χ3v) is 3.65. The Hall–Kier alpha value is -1.39. The number of alkyl halides is 3. The van der Waals surface area contributed by atoms with Gasteiger partial charge in [0.15, 0.2) is 0 Å². The Morgan fingerprint density at radius 1 is 1.45 bits per heavy atom. The fourth-order valence-electron chi connectivity index (χ4n) is 2.56. The Morgan fingerprint density at radius 3 is 2.90 bits per heavy atom. The lowest BCUT2D eigenvalue weighted by atomic mass is 9.57. The predicted molar refractivity (Wildman–Crippen MR) is 75.7 cm³/mol. The third-order valence-electron chi connectivity index (χ3n) is 3.65. The van der Waals surface area contributed by atoms with Gasteiger partial charge in [-0.2, -0.15) is 13.2 Å². The van der Waals surface area contributed by atoms with Crippen molar-refractivity contribution >= 4 is 7.28 Å². The first kappa shape index (κ1) is 15.0. The van der Waals surface area contributed by atoms with E-state index in [0.717, 1.165) is 12.7 Å². The molecule has 0 bridgehead atoms. The average Bonchev–Trinajstić information content (AvgIpc) is 2.36. The van der Waals surface area contributed by atoms with Gasteiger partial charge in [-0.3, -0.25) is 0 Å². The number of halogens is 3. The molecular formula is C15H18BF3N. The van der Waals surface area contributed by atoms with Crippen molar-refractivity contribution in [3.05, 3.63) is 47.2 Å². The summed E-state index contributed by atoms with van der Waals surface area (Å²) in [6, 6.07) is 6.19. The van der Waals surface area contributed by atoms with Crippen LogP contribution < -0.4 is 5.32 Å². The summed E-state index contributed by atoms with van der Waals surface area (Å²) in [6.07, 6.45) is -3.34. The average molecular weight is 280 g/mol. The number of hydrogen-bond acceptors (Lipinski definition) is 1. The number of hydrogen-bond donors (Lipinski definition) is 1. The van der Waals surface area contributed by atoms with E-state index < -0.39 is 12.6 Å². The summed E-state index contributed by atoms with van der Waals surface area (Å²) < 4.78 is 36.5. The van der Waals surface area contributed by atoms with Crippen molar-refractivity contribution in [2.45, 2.75) is 44.6 Å². The second-order valence-corrected chi connectivity index (χ2v) is 5.33. The van der Waals surface area contributed by atoms with Crippen molar-refractivity contribution in [3.8, 4) is 0 Å². The molecule has 1 atom stereocenters. The van der Waals surface area contributed by atoms with Gasteiger partial charge in [0.25, 0.3) is 0 Å². The van der Waals surface area contributed by atoms with Gasteiger partial charge in [-0.05, 0) is 42.4 Å². The number of rotatable bonds is 4. The van der Waals surface area contributed by atoms with Crippen molar-refractivity contribution in [2.24, 2.45) is 0 Å². The highest BCUT2D eigenvalue weighted by Gasteiger charge is 2.27. The normalized spacial score (nSPS) is 18.1. The molecule has 0 amide bonds. The Bertz CT molecular complexity index is 496. The predicted octanol–water partition coefficient (Wildman–Crippen LogP) is 3.53. The molecule has 0 spiro atoms. The number of fused-ring (bicyclic) bond motifs is 1. The molecule has 1 N–H and O–H groups in total. The summed E-state index contributed by atoms with van der Waals surface area (Å²) in [5.74, 6) is 0.0741. The maximum Gasteiger partial charge on any atom is 0.389 e. The quantitative estimate of drug-likeness (QED) is 0.832. The summed E-state index contributed by atoms with van der Waals surface area (Å²) in [5, 5.41) is 3.10. The van der Waals surface area contributed by atoms with Crippen molar-refractivity contribution in [3.63, 3.8) is 0 Å². The van der Waals surface area contributed by atoms with Crippen LogP contribution in [-0.2, 0) is 12.7 Å². The van der Waals surface area contributed by atoms with Gasteiger partial charge < -0.3 is 5.32 Å². The molecule has 0 saturated carbocycles. The molecule has 1 unspecified atom stereocenters. The van der Waals surface area contributed by atoms with Crippen LogP contribution >= 0.6 is 0 Å². The highest BCUT2D eigenvalue weighted by molar-refractivity contribution is 6.38. The van der Waals surface area contributed by atoms with Crippen LogP contribution in [0.1, 0.15) is 29.5 Å². The smallest absolute Gasteiger partial charge is 0.389 e. The molecule has 1 aromatic carbocycles. The van der Waals surface area contributed by atoms with Crippen LogP contribution in [0.4, 0.5) is 13.2 Å². The maximum atomic E-state index is 12.2. The van der Waals surface area contributed by atoms with Crippen LogP contribution in [0, 0.1) is 6.92 Å². The molecule has 2 rings (SSSR count). The minimum atomic E-state index is -4.12. The van der Waals surface area contributed by atoms with Gasteiger partial charge in [-0.25, -0.2) is 0 Å². The molecule has 0 saturated heterocycles. The van der Waals surface area contributed by atoms with E-state index in [1.807, 2.05) is 6.07 Å². The monoisotopic (exact) mass is 280 g/mol. The fraction of sp³-hybridized carbons (Fsp3) is 0.467. The summed E-state index contributed by atoms with van der Waals surface area (Å²) in [4.78, 5) is 0. The lowest BCUT2D eigenvalue weighted by Gasteiger charge is -2.27. The molecule has 1 aliphatic rings. The van der Waals surface area contributed by atoms with Gasteiger partial charge in [-0.1, -0.05) is 31.1 Å². The molecule has 1 aromatic rings. The number of nitrogens with one attached hydrogen (secondary N) is 1. The second kappa shape index (κ2) is 5.94. The van der Waals surface area contributed by atoms with E-state index in [0.29, 0.717) is 5.70 Å². The lowest BCUT2D eigenvalue weighted by Crippen LogP contribution is -2.40. The Kier molecular flexibility index (Phi) is 4.46. The third kappa shape index (κ3) is 4.05. The zero-order chi connectivity index (χ0) is 14.8. The standard InChI is InChI=1S/C15H18BF3N/c1-10-4-3-5-12-8-14(16-9-13(10)12)20-11(2)6-7-15(17,18)19/h3-5,14,20H,2,6-9H2,1H3. The Labute approximate surface area is 118 Å². The van der Waals surface area contributed by atoms with E-state index in [9.17, 15) is 13.2 Å². The molecule has 5 heteroatoms. The van der Waals surface area contributed by atoms with E-state index in [1.165, 1.54) is 16.7 Å². The Morgan fingerprint density at radius 2 is 2.20 bits per heavy atom. The molecule has 1 aliphatic heterocycles. The van der Waals surface area contributed by atoms with Crippen molar-refractivity contribution in [2.75, 3.05) is 0 Å². The first-order valence-electron chi connectivity index (χ1n) is 6.77. The lowest BCUT2D eigenvalue weighted by molar-refractivity contribution is -0.134. The highest BCUT2D eigenvalue weighted by Crippen LogP contribution is 2.24. The largest absolute Gasteiger partial charge is 0.394 e. The van der Waals surface area contributed by atoms with Crippen molar-refractivity contribution in [1.82, 2.24) is 5.32 Å². The molecule has 0 aliphatic carbocycles. The summed E-state index contributed by atoms with van der Waals surface area (Å²) in [7, 11) is 2.12. The van der Waals surface area contributed by atoms with Gasteiger partial charge >= 0.3 is 6.18 Å². The van der Waals surface area contributed by atoms with Crippen LogP contribution in [0.5, 0.6) is 0 Å². The van der Waals surface area contributed by atoms with Gasteiger partial charge in [0, 0.05) is 12.1 Å². The van der Waals surface area contributed by atoms with Gasteiger partial charge in [0.2, 0.25) is 0 Å². The van der Waals surface area contributed by atoms with E-state index in [4.69, 9.17) is 0 Å². The van der Waals surface area contributed by atoms with E-state index >= 15 is 0 Å². The van der Waals surface area contributed by atoms with E-state index in [2.05, 4.69) is 38.2 Å². The van der Waals surface area contributed by atoms with Crippen molar-refractivity contribution in [1.29, 1.82) is 0 Å². The highest BCUT2D eigenvalue weighted by atomic mass is 19.4. The second-order valence-electron chi connectivity index (χ2n) is 5.33. The van der Waals surface area contributed by atoms with Crippen molar-refractivity contribution < 1.29 is 13.2 Å². The number of aryl methyl sites for hydroxylation is 1. The van der Waals surface area contributed by atoms with Crippen LogP contribution in [0.25, 0.3) is 0 Å². The van der Waals surface area contributed by atoms with Crippen LogP contribution in [-0.4, -0.2) is 19.4 Å². The van der Waals surface area contributed by atoms with Gasteiger partial charge in [-0.15, -0.1) is 0 Å². The van der Waals surface area contributed by atoms with E-state index in [1.54, 1.807) is 0 Å². The number of benzene rings is 1. The molecular weight excluding hydrogens is 262 g/mol. The maximum absolute atomic E-state index is 12.2. The fourth-order valence-corrected chi connectivity index (χ4v) is 2.56. The van der Waals surface area contributed by atoms with Crippen LogP contribution in [0.3, 0.4) is 0 Å². The summed E-state index contributed by atoms with van der Waals surface area (Å²) in [5.41, 5.74) is 4.34. The first-order chi connectivity index (χ1) is 9.35. The van der Waals surface area contributed by atoms with Gasteiger partial charge in [0.1, 0.15) is 7.28 Å². The molecule has 0 fully saturated rings. The summed E-state index contributed by atoms with van der Waals surface area (Å²) in [6.45, 7) is 5.78. The molecule has 1 nitrogen and oxygen atoms in total. The molecule has 20 heavy (non-hydrogen) atoms. The Balaban J connectivity index is 1.89. The first-order valence-corrected chi connectivity index (χ1v) is 6.77. The van der Waals surface area contributed by atoms with Crippen LogP contribution in [0.15, 0.2) is 30.5 Å². The van der Waals surface area contributed by atoms with Crippen LogP contribution in [0.2, 0.25) is 0 Å². The minimum absolute atomic E-state index is 0.0610. The molecule has 0 aromatic heterocycles. The molecule has 107 valence electrons. The summed E-state index contributed by atoms with van der Waals surface area (Å²) >= 11 is 0. The molecule has 1 radical (unpaired) electrons. The van der Waals surface area contributed by atoms with Gasteiger partial charge in [0.05, 0.1) is 0 Å². The zero-order valence-electron chi connectivity index (χ0n) is 11.6. The number of allylic oxidation sites excluding steroid dienone is 1.